The molecule has 4 nitrogen and oxygen atoms in total. The summed E-state index contributed by atoms with van der Waals surface area (Å²) in [5.41, 5.74) is 9.15. The molecule has 0 aliphatic heterocycles. The molecule has 0 saturated carbocycles. The van der Waals surface area contributed by atoms with Crippen molar-refractivity contribution in [3.63, 3.8) is 0 Å². The second-order valence-corrected chi connectivity index (χ2v) is 11.6. The third-order valence-corrected chi connectivity index (χ3v) is 8.77. The van der Waals surface area contributed by atoms with Crippen LogP contribution in [0.1, 0.15) is 0 Å². The van der Waals surface area contributed by atoms with Crippen LogP contribution in [-0.4, -0.2) is 15.0 Å². The normalized spacial score (nSPS) is 11.4. The van der Waals surface area contributed by atoms with Gasteiger partial charge in [0.1, 0.15) is 11.2 Å². The molecule has 0 aliphatic carbocycles. The zero-order valence-corrected chi connectivity index (χ0v) is 25.3. The quantitative estimate of drug-likeness (QED) is 0.197. The molecule has 4 heteroatoms. The van der Waals surface area contributed by atoms with E-state index in [1.54, 1.807) is 0 Å². The fourth-order valence-corrected chi connectivity index (χ4v) is 6.42. The minimum absolute atomic E-state index is 0.636. The van der Waals surface area contributed by atoms with E-state index in [1.807, 2.05) is 54.6 Å². The van der Waals surface area contributed by atoms with Gasteiger partial charge in [0.25, 0.3) is 0 Å². The third-order valence-electron chi connectivity index (χ3n) is 8.77. The van der Waals surface area contributed by atoms with Crippen LogP contribution in [0.5, 0.6) is 0 Å². The highest BCUT2D eigenvalue weighted by atomic mass is 16.3. The van der Waals surface area contributed by atoms with Crippen molar-refractivity contribution in [1.82, 2.24) is 15.0 Å². The van der Waals surface area contributed by atoms with Crippen LogP contribution in [-0.2, 0) is 0 Å². The number of para-hydroxylation sites is 1. The maximum absolute atomic E-state index is 6.24. The van der Waals surface area contributed by atoms with Gasteiger partial charge in [-0.25, -0.2) is 15.0 Å². The molecule has 0 N–H and O–H groups in total. The van der Waals surface area contributed by atoms with Crippen LogP contribution in [0.15, 0.2) is 168 Å². The monoisotopic (exact) mass is 601 g/mol. The summed E-state index contributed by atoms with van der Waals surface area (Å²) in [6.07, 6.45) is 0. The van der Waals surface area contributed by atoms with Crippen LogP contribution in [0.3, 0.4) is 0 Å². The Hall–Kier alpha value is -6.39. The largest absolute Gasteiger partial charge is 0.456 e. The lowest BCUT2D eigenvalue weighted by Gasteiger charge is -2.13. The first-order valence-corrected chi connectivity index (χ1v) is 15.7. The molecule has 47 heavy (non-hydrogen) atoms. The van der Waals surface area contributed by atoms with Crippen LogP contribution >= 0.6 is 0 Å². The lowest BCUT2D eigenvalue weighted by molar-refractivity contribution is 0.669. The SMILES string of the molecule is c1ccc(-c2ccc(-c3nc(-c4ccccc4)nc(-c4ccc(-c5ccc6c(c5)oc5ccccc56)c5ccccc45)n3)cc2)cc1. The Balaban J connectivity index is 1.19. The van der Waals surface area contributed by atoms with E-state index in [9.17, 15) is 0 Å². The highest BCUT2D eigenvalue weighted by Crippen LogP contribution is 2.38. The molecule has 2 aromatic heterocycles. The summed E-state index contributed by atoms with van der Waals surface area (Å²) in [7, 11) is 0. The van der Waals surface area contributed by atoms with Crippen LogP contribution in [0.4, 0.5) is 0 Å². The summed E-state index contributed by atoms with van der Waals surface area (Å²) in [6.45, 7) is 0. The molecule has 220 valence electrons. The van der Waals surface area contributed by atoms with Crippen LogP contribution in [0.2, 0.25) is 0 Å². The number of fused-ring (bicyclic) bond motifs is 4. The van der Waals surface area contributed by atoms with E-state index in [1.165, 1.54) is 5.56 Å². The highest BCUT2D eigenvalue weighted by molar-refractivity contribution is 6.08. The van der Waals surface area contributed by atoms with E-state index in [4.69, 9.17) is 19.4 Å². The zero-order valence-electron chi connectivity index (χ0n) is 25.3. The summed E-state index contributed by atoms with van der Waals surface area (Å²) in [6, 6.07) is 56.3. The molecular formula is C43H27N3O. The van der Waals surface area contributed by atoms with E-state index in [0.29, 0.717) is 17.5 Å². The van der Waals surface area contributed by atoms with Gasteiger partial charge in [0.15, 0.2) is 17.5 Å². The summed E-state index contributed by atoms with van der Waals surface area (Å²) in [4.78, 5) is 15.1. The number of nitrogens with zero attached hydrogens (tertiary/aromatic N) is 3. The lowest BCUT2D eigenvalue weighted by atomic mass is 9.94. The molecule has 0 fully saturated rings. The maximum atomic E-state index is 6.24. The van der Waals surface area contributed by atoms with Crippen molar-refractivity contribution in [1.29, 1.82) is 0 Å². The van der Waals surface area contributed by atoms with Crippen molar-refractivity contribution < 1.29 is 4.42 Å². The minimum Gasteiger partial charge on any atom is -0.456 e. The van der Waals surface area contributed by atoms with Gasteiger partial charge in [0, 0.05) is 27.5 Å². The minimum atomic E-state index is 0.636. The van der Waals surface area contributed by atoms with Crippen molar-refractivity contribution in [2.75, 3.05) is 0 Å². The van der Waals surface area contributed by atoms with Gasteiger partial charge in [-0.3, -0.25) is 0 Å². The Bertz CT molecular complexity index is 2550. The van der Waals surface area contributed by atoms with Gasteiger partial charge in [-0.15, -0.1) is 0 Å². The molecule has 0 unspecified atom stereocenters. The third kappa shape index (κ3) is 4.84. The average Bonchev–Trinajstić information content (AvgIpc) is 3.53. The van der Waals surface area contributed by atoms with Gasteiger partial charge < -0.3 is 4.42 Å². The molecule has 7 aromatic carbocycles. The van der Waals surface area contributed by atoms with Gasteiger partial charge >= 0.3 is 0 Å². The number of aromatic nitrogens is 3. The van der Waals surface area contributed by atoms with Crippen LogP contribution < -0.4 is 0 Å². The number of rotatable bonds is 5. The van der Waals surface area contributed by atoms with Crippen LogP contribution in [0, 0.1) is 0 Å². The van der Waals surface area contributed by atoms with Crippen molar-refractivity contribution >= 4 is 32.7 Å². The number of furan rings is 1. The van der Waals surface area contributed by atoms with Gasteiger partial charge in [-0.05, 0) is 57.3 Å². The van der Waals surface area contributed by atoms with Crippen LogP contribution in [0.25, 0.3) is 89.1 Å². The van der Waals surface area contributed by atoms with Crippen molar-refractivity contribution in [3.8, 4) is 56.4 Å². The molecule has 0 aliphatic rings. The standard InChI is InChI=1S/C43H27N3O/c1-3-11-28(12-4-1)29-19-21-31(22-20-29)42-44-41(30-13-5-2-6-14-30)45-43(46-42)38-26-25-33(34-15-7-8-16-35(34)38)32-23-24-37-36-17-9-10-18-39(36)47-40(37)27-32/h1-27H. The molecule has 0 saturated heterocycles. The Morgan fingerprint density at radius 1 is 0.298 bits per heavy atom. The molecule has 0 radical (unpaired) electrons. The molecule has 0 amide bonds. The van der Waals surface area contributed by atoms with E-state index in [-0.39, 0.29) is 0 Å². The molecule has 0 bridgehead atoms. The van der Waals surface area contributed by atoms with Gasteiger partial charge in [-0.1, -0.05) is 140 Å². The second-order valence-electron chi connectivity index (χ2n) is 11.6. The number of hydrogen-bond donors (Lipinski definition) is 0. The predicted molar refractivity (Wildman–Crippen MR) is 192 cm³/mol. The Morgan fingerprint density at radius 3 is 1.49 bits per heavy atom. The molecular weight excluding hydrogens is 574 g/mol. The second kappa shape index (κ2) is 11.2. The van der Waals surface area contributed by atoms with Gasteiger partial charge in [0.05, 0.1) is 0 Å². The van der Waals surface area contributed by atoms with E-state index >= 15 is 0 Å². The van der Waals surface area contributed by atoms with Gasteiger partial charge in [0.2, 0.25) is 0 Å². The van der Waals surface area contributed by atoms with E-state index < -0.39 is 0 Å². The summed E-state index contributed by atoms with van der Waals surface area (Å²) in [5.74, 6) is 1.91. The Morgan fingerprint density at radius 2 is 0.766 bits per heavy atom. The first kappa shape index (κ1) is 27.0. The molecule has 0 atom stereocenters. The van der Waals surface area contributed by atoms with Crippen molar-refractivity contribution in [2.24, 2.45) is 0 Å². The lowest BCUT2D eigenvalue weighted by Crippen LogP contribution is -2.00. The molecule has 0 spiro atoms. The Kier molecular flexibility index (Phi) is 6.43. The number of hydrogen-bond acceptors (Lipinski definition) is 4. The molecule has 9 rings (SSSR count). The average molecular weight is 602 g/mol. The first-order chi connectivity index (χ1) is 23.3. The van der Waals surface area contributed by atoms with E-state index in [0.717, 1.165) is 66.1 Å². The van der Waals surface area contributed by atoms with Crippen molar-refractivity contribution in [2.45, 2.75) is 0 Å². The fourth-order valence-electron chi connectivity index (χ4n) is 6.42. The summed E-state index contributed by atoms with van der Waals surface area (Å²) >= 11 is 0. The zero-order chi connectivity index (χ0) is 31.2. The maximum Gasteiger partial charge on any atom is 0.164 e. The predicted octanol–water partition coefficient (Wildman–Crippen LogP) is 11.3. The number of benzene rings is 7. The van der Waals surface area contributed by atoms with Gasteiger partial charge in [-0.2, -0.15) is 0 Å². The van der Waals surface area contributed by atoms with Crippen molar-refractivity contribution in [3.05, 3.63) is 164 Å². The first-order valence-electron chi connectivity index (χ1n) is 15.7. The molecule has 2 heterocycles. The topological polar surface area (TPSA) is 51.8 Å². The molecule has 9 aromatic rings. The highest BCUT2D eigenvalue weighted by Gasteiger charge is 2.17. The fraction of sp³-hybridized carbons (Fsp3) is 0. The summed E-state index contributed by atoms with van der Waals surface area (Å²) in [5, 5.41) is 4.44. The smallest absolute Gasteiger partial charge is 0.164 e. The Labute approximate surface area is 271 Å². The van der Waals surface area contributed by atoms with E-state index in [2.05, 4.69) is 109 Å². The summed E-state index contributed by atoms with van der Waals surface area (Å²) < 4.78 is 6.24.